The fourth-order valence-electron chi connectivity index (χ4n) is 2.43. The third kappa shape index (κ3) is 3.61. The lowest BCUT2D eigenvalue weighted by Crippen LogP contribution is -2.19. The van der Waals surface area contributed by atoms with Gasteiger partial charge < -0.3 is 21.5 Å². The van der Waals surface area contributed by atoms with Crippen LogP contribution in [-0.4, -0.2) is 25.2 Å². The number of carbonyl (C=O) groups is 1. The molecule has 0 aromatic heterocycles. The van der Waals surface area contributed by atoms with E-state index in [1.165, 1.54) is 12.8 Å². The molecule has 1 aromatic carbocycles. The van der Waals surface area contributed by atoms with Crippen LogP contribution in [0.5, 0.6) is 0 Å². The van der Waals surface area contributed by atoms with Crippen molar-refractivity contribution < 1.29 is 9.53 Å². The highest BCUT2D eigenvalue weighted by Crippen LogP contribution is 2.23. The third-order valence-electron chi connectivity index (χ3n) is 3.42. The van der Waals surface area contributed by atoms with Crippen molar-refractivity contribution in [2.45, 2.75) is 31.8 Å². The zero-order valence-electron chi connectivity index (χ0n) is 11.0. The maximum absolute atomic E-state index is 11.3. The number of benzene rings is 1. The number of rotatable bonds is 6. The summed E-state index contributed by atoms with van der Waals surface area (Å²) in [5.74, 6) is -0.480. The molecule has 1 amide bonds. The van der Waals surface area contributed by atoms with Crippen molar-refractivity contribution in [1.82, 2.24) is 0 Å². The molecule has 0 unspecified atom stereocenters. The number of para-hydroxylation sites is 1. The molecule has 104 valence electrons. The Morgan fingerprint density at radius 2 is 2.11 bits per heavy atom. The summed E-state index contributed by atoms with van der Waals surface area (Å²) in [6, 6.07) is 5.13. The van der Waals surface area contributed by atoms with Gasteiger partial charge >= 0.3 is 0 Å². The lowest BCUT2D eigenvalue weighted by Gasteiger charge is -2.15. The number of hydrogen-bond acceptors (Lipinski definition) is 4. The van der Waals surface area contributed by atoms with Gasteiger partial charge in [-0.1, -0.05) is 18.9 Å². The number of hydrogen-bond donors (Lipinski definition) is 3. The number of ether oxygens (including phenoxy) is 1. The molecule has 1 aliphatic rings. The number of primary amides is 1. The number of nitrogens with one attached hydrogen (secondary N) is 1. The Hall–Kier alpha value is -1.75. The fraction of sp³-hybridized carbons (Fsp3) is 0.500. The normalized spacial score (nSPS) is 15.6. The largest absolute Gasteiger partial charge is 0.397 e. The van der Waals surface area contributed by atoms with Gasteiger partial charge in [0.2, 0.25) is 0 Å². The molecule has 0 bridgehead atoms. The number of amides is 1. The number of anilines is 2. The van der Waals surface area contributed by atoms with Gasteiger partial charge in [0.1, 0.15) is 0 Å². The minimum absolute atomic E-state index is 0.394. The molecule has 5 nitrogen and oxygen atoms in total. The molecule has 5 heteroatoms. The average molecular weight is 263 g/mol. The first-order valence-electron chi connectivity index (χ1n) is 6.72. The van der Waals surface area contributed by atoms with Crippen molar-refractivity contribution in [3.8, 4) is 0 Å². The molecule has 1 saturated carbocycles. The van der Waals surface area contributed by atoms with Gasteiger partial charge in [-0.05, 0) is 25.0 Å². The predicted octanol–water partition coefficient (Wildman–Crippen LogP) is 1.74. The third-order valence-corrected chi connectivity index (χ3v) is 3.42. The smallest absolute Gasteiger partial charge is 0.250 e. The second-order valence-electron chi connectivity index (χ2n) is 4.84. The molecule has 0 saturated heterocycles. The molecule has 0 atom stereocenters. The second kappa shape index (κ2) is 6.43. The van der Waals surface area contributed by atoms with Crippen LogP contribution in [0.15, 0.2) is 18.2 Å². The molecule has 0 radical (unpaired) electrons. The summed E-state index contributed by atoms with van der Waals surface area (Å²) in [5, 5.41) is 3.14. The van der Waals surface area contributed by atoms with Crippen LogP contribution in [0.2, 0.25) is 0 Å². The first-order valence-corrected chi connectivity index (χ1v) is 6.72. The van der Waals surface area contributed by atoms with Crippen LogP contribution < -0.4 is 16.8 Å². The summed E-state index contributed by atoms with van der Waals surface area (Å²) in [5.41, 5.74) is 12.7. The van der Waals surface area contributed by atoms with Crippen LogP contribution in [0.1, 0.15) is 36.0 Å². The Balaban J connectivity index is 1.86. The molecular weight excluding hydrogens is 242 g/mol. The van der Waals surface area contributed by atoms with Crippen LogP contribution in [-0.2, 0) is 4.74 Å². The Morgan fingerprint density at radius 3 is 2.79 bits per heavy atom. The quantitative estimate of drug-likeness (QED) is 0.538. The number of carbonyl (C=O) groups excluding carboxylic acids is 1. The van der Waals surface area contributed by atoms with E-state index < -0.39 is 5.91 Å². The summed E-state index contributed by atoms with van der Waals surface area (Å²) in [6.07, 6.45) is 5.22. The topological polar surface area (TPSA) is 90.4 Å². The van der Waals surface area contributed by atoms with Crippen molar-refractivity contribution in [1.29, 1.82) is 0 Å². The summed E-state index contributed by atoms with van der Waals surface area (Å²) < 4.78 is 5.75. The van der Waals surface area contributed by atoms with Gasteiger partial charge in [0.25, 0.3) is 5.91 Å². The van der Waals surface area contributed by atoms with Crippen LogP contribution in [0.25, 0.3) is 0 Å². The summed E-state index contributed by atoms with van der Waals surface area (Å²) >= 11 is 0. The molecule has 0 aliphatic heterocycles. The molecule has 0 heterocycles. The molecule has 1 aromatic rings. The van der Waals surface area contributed by atoms with Crippen molar-refractivity contribution in [2.75, 3.05) is 24.2 Å². The van der Waals surface area contributed by atoms with E-state index in [-0.39, 0.29) is 0 Å². The lowest BCUT2D eigenvalue weighted by molar-refractivity contribution is 0.0659. The molecule has 1 aliphatic carbocycles. The zero-order chi connectivity index (χ0) is 13.7. The fourth-order valence-corrected chi connectivity index (χ4v) is 2.43. The van der Waals surface area contributed by atoms with E-state index in [9.17, 15) is 4.79 Å². The highest BCUT2D eigenvalue weighted by molar-refractivity contribution is 6.01. The van der Waals surface area contributed by atoms with Gasteiger partial charge in [0.05, 0.1) is 29.6 Å². The molecule has 19 heavy (non-hydrogen) atoms. The summed E-state index contributed by atoms with van der Waals surface area (Å²) in [6.45, 7) is 1.22. The van der Waals surface area contributed by atoms with Gasteiger partial charge in [-0.15, -0.1) is 0 Å². The average Bonchev–Trinajstić information content (AvgIpc) is 2.88. The van der Waals surface area contributed by atoms with Gasteiger partial charge in [-0.25, -0.2) is 0 Å². The summed E-state index contributed by atoms with van der Waals surface area (Å²) in [4.78, 5) is 11.3. The Morgan fingerprint density at radius 1 is 1.37 bits per heavy atom. The van der Waals surface area contributed by atoms with E-state index in [4.69, 9.17) is 16.2 Å². The van der Waals surface area contributed by atoms with Crippen molar-refractivity contribution in [2.24, 2.45) is 5.73 Å². The van der Waals surface area contributed by atoms with Crippen LogP contribution in [0.3, 0.4) is 0 Å². The summed E-state index contributed by atoms with van der Waals surface area (Å²) in [7, 11) is 0. The number of nitrogens with two attached hydrogens (primary N) is 2. The molecule has 5 N–H and O–H groups in total. The monoisotopic (exact) mass is 263 g/mol. The minimum Gasteiger partial charge on any atom is -0.397 e. The first-order chi connectivity index (χ1) is 9.18. The van der Waals surface area contributed by atoms with E-state index >= 15 is 0 Å². The van der Waals surface area contributed by atoms with Gasteiger partial charge in [0.15, 0.2) is 0 Å². The van der Waals surface area contributed by atoms with Gasteiger partial charge in [0, 0.05) is 6.54 Å². The van der Waals surface area contributed by atoms with E-state index in [0.717, 1.165) is 12.8 Å². The van der Waals surface area contributed by atoms with Crippen LogP contribution in [0.4, 0.5) is 11.4 Å². The highest BCUT2D eigenvalue weighted by Gasteiger charge is 2.15. The van der Waals surface area contributed by atoms with Crippen molar-refractivity contribution in [3.63, 3.8) is 0 Å². The highest BCUT2D eigenvalue weighted by atomic mass is 16.5. The van der Waals surface area contributed by atoms with Gasteiger partial charge in [-0.2, -0.15) is 0 Å². The first kappa shape index (κ1) is 13.7. The Labute approximate surface area is 113 Å². The van der Waals surface area contributed by atoms with E-state index in [2.05, 4.69) is 5.32 Å². The van der Waals surface area contributed by atoms with Crippen molar-refractivity contribution >= 4 is 17.3 Å². The Bertz CT molecular complexity index is 442. The minimum atomic E-state index is -0.480. The number of nitrogen functional groups attached to an aromatic ring is 1. The van der Waals surface area contributed by atoms with E-state index in [1.807, 2.05) is 0 Å². The molecule has 1 fully saturated rings. The zero-order valence-corrected chi connectivity index (χ0v) is 11.0. The van der Waals surface area contributed by atoms with E-state index in [1.54, 1.807) is 18.2 Å². The lowest BCUT2D eigenvalue weighted by atomic mass is 10.1. The molecule has 0 spiro atoms. The maximum atomic E-state index is 11.3. The SMILES string of the molecule is NC(=O)c1cccc(N)c1NCCOC1CCCC1. The van der Waals surface area contributed by atoms with Gasteiger partial charge in [-0.3, -0.25) is 4.79 Å². The molecular formula is C14H21N3O2. The van der Waals surface area contributed by atoms with Crippen LogP contribution in [0, 0.1) is 0 Å². The van der Waals surface area contributed by atoms with Crippen molar-refractivity contribution in [3.05, 3.63) is 23.8 Å². The second-order valence-corrected chi connectivity index (χ2v) is 4.84. The van der Waals surface area contributed by atoms with Crippen LogP contribution >= 0.6 is 0 Å². The van der Waals surface area contributed by atoms with E-state index in [0.29, 0.717) is 36.2 Å². The Kier molecular flexibility index (Phi) is 4.63. The standard InChI is InChI=1S/C14H21N3O2/c15-12-7-3-6-11(14(16)18)13(12)17-8-9-19-10-4-1-2-5-10/h3,6-7,10,17H,1-2,4-5,8-9,15H2,(H2,16,18). The predicted molar refractivity (Wildman–Crippen MR) is 76.1 cm³/mol. The maximum Gasteiger partial charge on any atom is 0.250 e. The molecule has 2 rings (SSSR count).